The van der Waals surface area contributed by atoms with Crippen molar-refractivity contribution in [1.29, 1.82) is 0 Å². The summed E-state index contributed by atoms with van der Waals surface area (Å²) in [4.78, 5) is 15.9. The molecule has 1 N–H and O–H groups in total. The standard InChI is InChI=1S/C11H9BrN2OS/c12-10-4-2-1-3-9(10)11(15)13-5-8-6-16-7-14-8/h1-4,6-7H,5H2,(H,13,15). The average Bonchev–Trinajstić information content (AvgIpc) is 2.79. The third-order valence-corrected chi connectivity index (χ3v) is 3.36. The Bertz CT molecular complexity index is 484. The Morgan fingerprint density at radius 2 is 2.25 bits per heavy atom. The Hall–Kier alpha value is -1.20. The molecule has 0 radical (unpaired) electrons. The molecule has 0 atom stereocenters. The first-order chi connectivity index (χ1) is 7.77. The second-order valence-corrected chi connectivity index (χ2v) is 4.72. The molecule has 0 aliphatic heterocycles. The number of carbonyl (C=O) groups is 1. The van der Waals surface area contributed by atoms with E-state index in [1.165, 1.54) is 11.3 Å². The zero-order valence-corrected chi connectivity index (χ0v) is 10.7. The molecule has 82 valence electrons. The van der Waals surface area contributed by atoms with E-state index in [1.54, 1.807) is 11.6 Å². The molecule has 0 bridgehead atoms. The SMILES string of the molecule is O=C(NCc1cscn1)c1ccccc1Br. The van der Waals surface area contributed by atoms with E-state index in [-0.39, 0.29) is 5.91 Å². The van der Waals surface area contributed by atoms with Gasteiger partial charge < -0.3 is 5.32 Å². The van der Waals surface area contributed by atoms with Crippen molar-refractivity contribution in [3.8, 4) is 0 Å². The molecule has 0 saturated heterocycles. The fraction of sp³-hybridized carbons (Fsp3) is 0.0909. The number of hydrogen-bond acceptors (Lipinski definition) is 3. The number of benzene rings is 1. The topological polar surface area (TPSA) is 42.0 Å². The van der Waals surface area contributed by atoms with E-state index in [2.05, 4.69) is 26.2 Å². The number of carbonyl (C=O) groups excluding carboxylic acids is 1. The summed E-state index contributed by atoms with van der Waals surface area (Å²) >= 11 is 4.86. The van der Waals surface area contributed by atoms with Gasteiger partial charge in [-0.05, 0) is 28.1 Å². The molecule has 1 aromatic carbocycles. The Balaban J connectivity index is 2.01. The number of amides is 1. The third-order valence-electron chi connectivity index (χ3n) is 2.03. The predicted octanol–water partition coefficient (Wildman–Crippen LogP) is 2.84. The number of nitrogens with zero attached hydrogens (tertiary/aromatic N) is 1. The highest BCUT2D eigenvalue weighted by Gasteiger charge is 2.08. The molecule has 2 rings (SSSR count). The van der Waals surface area contributed by atoms with Crippen LogP contribution in [0.1, 0.15) is 16.1 Å². The third kappa shape index (κ3) is 2.68. The summed E-state index contributed by atoms with van der Waals surface area (Å²) in [5.74, 6) is -0.0968. The minimum Gasteiger partial charge on any atom is -0.346 e. The number of nitrogens with one attached hydrogen (secondary N) is 1. The smallest absolute Gasteiger partial charge is 0.252 e. The molecule has 16 heavy (non-hydrogen) atoms. The molecule has 1 aromatic heterocycles. The predicted molar refractivity (Wildman–Crippen MR) is 67.4 cm³/mol. The van der Waals surface area contributed by atoms with Crippen LogP contribution >= 0.6 is 27.3 Å². The van der Waals surface area contributed by atoms with E-state index < -0.39 is 0 Å². The van der Waals surface area contributed by atoms with Gasteiger partial charge in [-0.3, -0.25) is 4.79 Å². The first-order valence-electron chi connectivity index (χ1n) is 4.67. The lowest BCUT2D eigenvalue weighted by Gasteiger charge is -2.04. The first kappa shape index (κ1) is 11.3. The van der Waals surface area contributed by atoms with Gasteiger partial charge in [0.25, 0.3) is 5.91 Å². The van der Waals surface area contributed by atoms with Crippen molar-refractivity contribution < 1.29 is 4.79 Å². The van der Waals surface area contributed by atoms with E-state index in [1.807, 2.05) is 23.6 Å². The molecule has 0 aliphatic rings. The summed E-state index contributed by atoms with van der Waals surface area (Å²) in [5.41, 5.74) is 3.27. The van der Waals surface area contributed by atoms with Gasteiger partial charge in [0.1, 0.15) is 0 Å². The van der Waals surface area contributed by atoms with Gasteiger partial charge >= 0.3 is 0 Å². The second kappa shape index (κ2) is 5.23. The minimum atomic E-state index is -0.0968. The molecule has 2 aromatic rings. The number of hydrogen-bond donors (Lipinski definition) is 1. The largest absolute Gasteiger partial charge is 0.346 e. The highest BCUT2D eigenvalue weighted by atomic mass is 79.9. The van der Waals surface area contributed by atoms with Crippen LogP contribution in [0.5, 0.6) is 0 Å². The maximum atomic E-state index is 11.8. The first-order valence-corrected chi connectivity index (χ1v) is 6.41. The summed E-state index contributed by atoms with van der Waals surface area (Å²) in [6.45, 7) is 0.462. The van der Waals surface area contributed by atoms with Crippen LogP contribution in [-0.4, -0.2) is 10.9 Å². The van der Waals surface area contributed by atoms with E-state index in [9.17, 15) is 4.79 Å². The number of halogens is 1. The molecular formula is C11H9BrN2OS. The van der Waals surface area contributed by atoms with Gasteiger partial charge in [-0.15, -0.1) is 11.3 Å². The van der Waals surface area contributed by atoms with Crippen molar-refractivity contribution in [2.24, 2.45) is 0 Å². The van der Waals surface area contributed by atoms with Crippen molar-refractivity contribution in [2.45, 2.75) is 6.54 Å². The van der Waals surface area contributed by atoms with Crippen LogP contribution in [0.4, 0.5) is 0 Å². The van der Waals surface area contributed by atoms with Gasteiger partial charge in [0.05, 0.1) is 23.3 Å². The molecule has 0 fully saturated rings. The van der Waals surface area contributed by atoms with Crippen molar-refractivity contribution in [3.05, 3.63) is 50.9 Å². The van der Waals surface area contributed by atoms with Crippen LogP contribution in [0, 0.1) is 0 Å². The summed E-state index contributed by atoms with van der Waals surface area (Å²) in [6.07, 6.45) is 0. The summed E-state index contributed by atoms with van der Waals surface area (Å²) in [5, 5.41) is 4.73. The summed E-state index contributed by atoms with van der Waals surface area (Å²) in [7, 11) is 0. The van der Waals surface area contributed by atoms with Gasteiger partial charge in [-0.1, -0.05) is 12.1 Å². The van der Waals surface area contributed by atoms with Crippen LogP contribution in [0.2, 0.25) is 0 Å². The molecule has 0 spiro atoms. The monoisotopic (exact) mass is 296 g/mol. The Kier molecular flexibility index (Phi) is 3.69. The highest BCUT2D eigenvalue weighted by molar-refractivity contribution is 9.10. The lowest BCUT2D eigenvalue weighted by molar-refractivity contribution is 0.0949. The molecular weight excluding hydrogens is 288 g/mol. The number of thiazole rings is 1. The van der Waals surface area contributed by atoms with Crippen LogP contribution in [-0.2, 0) is 6.54 Å². The Labute approximate surface area is 106 Å². The fourth-order valence-corrected chi connectivity index (χ4v) is 2.26. The van der Waals surface area contributed by atoms with Crippen molar-refractivity contribution in [3.63, 3.8) is 0 Å². The lowest BCUT2D eigenvalue weighted by Crippen LogP contribution is -2.23. The molecule has 1 heterocycles. The van der Waals surface area contributed by atoms with Gasteiger partial charge in [-0.25, -0.2) is 4.98 Å². The Morgan fingerprint density at radius 3 is 2.94 bits per heavy atom. The molecule has 3 nitrogen and oxygen atoms in total. The van der Waals surface area contributed by atoms with E-state index >= 15 is 0 Å². The second-order valence-electron chi connectivity index (χ2n) is 3.14. The summed E-state index contributed by atoms with van der Waals surface area (Å²) in [6, 6.07) is 7.34. The number of aromatic nitrogens is 1. The van der Waals surface area contributed by atoms with Crippen LogP contribution < -0.4 is 5.32 Å². The zero-order chi connectivity index (χ0) is 11.4. The number of rotatable bonds is 3. The zero-order valence-electron chi connectivity index (χ0n) is 8.31. The average molecular weight is 297 g/mol. The molecule has 1 amide bonds. The van der Waals surface area contributed by atoms with Crippen LogP contribution in [0.15, 0.2) is 39.6 Å². The van der Waals surface area contributed by atoms with Gasteiger partial charge in [0.15, 0.2) is 0 Å². The maximum Gasteiger partial charge on any atom is 0.252 e. The van der Waals surface area contributed by atoms with Crippen molar-refractivity contribution >= 4 is 33.2 Å². The van der Waals surface area contributed by atoms with Gasteiger partial charge in [0.2, 0.25) is 0 Å². The minimum absolute atomic E-state index is 0.0968. The van der Waals surface area contributed by atoms with Crippen LogP contribution in [0.25, 0.3) is 0 Å². The van der Waals surface area contributed by atoms with E-state index in [0.29, 0.717) is 12.1 Å². The quantitative estimate of drug-likeness (QED) is 0.946. The van der Waals surface area contributed by atoms with Crippen molar-refractivity contribution in [1.82, 2.24) is 10.3 Å². The molecule has 0 aliphatic carbocycles. The normalized spacial score (nSPS) is 10.1. The van der Waals surface area contributed by atoms with E-state index in [4.69, 9.17) is 0 Å². The van der Waals surface area contributed by atoms with E-state index in [0.717, 1.165) is 10.2 Å². The Morgan fingerprint density at radius 1 is 1.44 bits per heavy atom. The molecule has 0 saturated carbocycles. The highest BCUT2D eigenvalue weighted by Crippen LogP contribution is 2.15. The maximum absolute atomic E-state index is 11.8. The van der Waals surface area contributed by atoms with Gasteiger partial charge in [0, 0.05) is 9.85 Å². The lowest BCUT2D eigenvalue weighted by atomic mass is 10.2. The van der Waals surface area contributed by atoms with Gasteiger partial charge in [-0.2, -0.15) is 0 Å². The summed E-state index contributed by atoms with van der Waals surface area (Å²) < 4.78 is 0.797. The molecule has 5 heteroatoms. The van der Waals surface area contributed by atoms with Crippen molar-refractivity contribution in [2.75, 3.05) is 0 Å². The fourth-order valence-electron chi connectivity index (χ4n) is 1.24. The molecule has 0 unspecified atom stereocenters. The van der Waals surface area contributed by atoms with Crippen LogP contribution in [0.3, 0.4) is 0 Å².